The summed E-state index contributed by atoms with van der Waals surface area (Å²) in [6, 6.07) is 0. The third kappa shape index (κ3) is 2.32. The summed E-state index contributed by atoms with van der Waals surface area (Å²) in [6.45, 7) is 0. The predicted molar refractivity (Wildman–Crippen MR) is 57.4 cm³/mol. The summed E-state index contributed by atoms with van der Waals surface area (Å²) in [5, 5.41) is 0. The predicted octanol–water partition coefficient (Wildman–Crippen LogP) is 3.71. The van der Waals surface area contributed by atoms with Gasteiger partial charge in [0.15, 0.2) is 0 Å². The normalized spacial score (nSPS) is 20.0. The fourth-order valence-electron chi connectivity index (χ4n) is 1.59. The van der Waals surface area contributed by atoms with Crippen molar-refractivity contribution >= 4 is 0 Å². The van der Waals surface area contributed by atoms with Gasteiger partial charge in [-0.3, -0.25) is 0 Å². The molecule has 0 bridgehead atoms. The molecular formula is C13H14. The fraction of sp³-hybridized carbons (Fsp3) is 0.231. The molecule has 0 fully saturated rings. The Labute approximate surface area is 79.7 Å². The smallest absolute Gasteiger partial charge is 0.00944 e. The second kappa shape index (κ2) is 4.08. The second-order valence-electron chi connectivity index (χ2n) is 3.44. The molecule has 0 radical (unpaired) electrons. The lowest BCUT2D eigenvalue weighted by atomic mass is 10.1. The van der Waals surface area contributed by atoms with Gasteiger partial charge in [0, 0.05) is 0 Å². The average Bonchev–Trinajstić information content (AvgIpc) is 2.75. The Morgan fingerprint density at radius 3 is 2.62 bits per heavy atom. The van der Waals surface area contributed by atoms with E-state index >= 15 is 0 Å². The molecule has 0 unspecified atom stereocenters. The first kappa shape index (κ1) is 8.31. The molecule has 0 saturated carbocycles. The molecule has 66 valence electrons. The van der Waals surface area contributed by atoms with Gasteiger partial charge in [-0.2, -0.15) is 0 Å². The molecule has 2 aliphatic carbocycles. The number of hydrogen-bond acceptors (Lipinski definition) is 0. The zero-order valence-corrected chi connectivity index (χ0v) is 7.74. The van der Waals surface area contributed by atoms with Crippen LogP contribution in [0.2, 0.25) is 0 Å². The lowest BCUT2D eigenvalue weighted by molar-refractivity contribution is 1.13. The highest BCUT2D eigenvalue weighted by Crippen LogP contribution is 2.16. The van der Waals surface area contributed by atoms with Crippen molar-refractivity contribution in [1.82, 2.24) is 0 Å². The Bertz CT molecular complexity index is 322. The van der Waals surface area contributed by atoms with Gasteiger partial charge in [0.2, 0.25) is 0 Å². The molecule has 0 amide bonds. The zero-order valence-electron chi connectivity index (χ0n) is 7.74. The van der Waals surface area contributed by atoms with Crippen molar-refractivity contribution < 1.29 is 0 Å². The molecule has 2 aliphatic rings. The van der Waals surface area contributed by atoms with Gasteiger partial charge in [-0.05, 0) is 24.8 Å². The maximum Gasteiger partial charge on any atom is -0.00944 e. The fourth-order valence-corrected chi connectivity index (χ4v) is 1.59. The van der Waals surface area contributed by atoms with E-state index in [9.17, 15) is 0 Å². The molecule has 13 heavy (non-hydrogen) atoms. The summed E-state index contributed by atoms with van der Waals surface area (Å²) in [4.78, 5) is 0. The molecular weight excluding hydrogens is 156 g/mol. The van der Waals surface area contributed by atoms with Gasteiger partial charge in [0.25, 0.3) is 0 Å². The highest BCUT2D eigenvalue weighted by molar-refractivity contribution is 5.33. The Kier molecular flexibility index (Phi) is 2.61. The topological polar surface area (TPSA) is 0 Å². The minimum Gasteiger partial charge on any atom is -0.0805 e. The summed E-state index contributed by atoms with van der Waals surface area (Å²) < 4.78 is 0. The van der Waals surface area contributed by atoms with Crippen molar-refractivity contribution in [3.63, 3.8) is 0 Å². The van der Waals surface area contributed by atoms with Gasteiger partial charge in [-0.15, -0.1) is 0 Å². The Morgan fingerprint density at radius 1 is 1.08 bits per heavy atom. The molecule has 0 aromatic rings. The highest BCUT2D eigenvalue weighted by atomic mass is 14.0. The Hall–Kier alpha value is -1.30. The first-order valence-electron chi connectivity index (χ1n) is 4.82. The van der Waals surface area contributed by atoms with Crippen molar-refractivity contribution in [2.45, 2.75) is 19.3 Å². The van der Waals surface area contributed by atoms with E-state index < -0.39 is 0 Å². The lowest BCUT2D eigenvalue weighted by Gasteiger charge is -1.95. The van der Waals surface area contributed by atoms with Gasteiger partial charge in [0.1, 0.15) is 0 Å². The summed E-state index contributed by atoms with van der Waals surface area (Å²) in [5.74, 6) is 0. The standard InChI is InChI=1S/C13H14/c1-2-7-12(6-1)10-5-11-13-8-3-4-9-13/h1-6,8,10H,7,9,11H2/b10-5+. The van der Waals surface area contributed by atoms with Crippen LogP contribution >= 0.6 is 0 Å². The van der Waals surface area contributed by atoms with Gasteiger partial charge < -0.3 is 0 Å². The van der Waals surface area contributed by atoms with Crippen LogP contribution in [0.1, 0.15) is 19.3 Å². The molecule has 0 nitrogen and oxygen atoms in total. The van der Waals surface area contributed by atoms with Gasteiger partial charge >= 0.3 is 0 Å². The molecule has 0 aromatic heterocycles. The van der Waals surface area contributed by atoms with E-state index in [1.165, 1.54) is 11.1 Å². The maximum absolute atomic E-state index is 2.26. The first-order valence-corrected chi connectivity index (χ1v) is 4.82. The molecule has 0 N–H and O–H groups in total. The van der Waals surface area contributed by atoms with Gasteiger partial charge in [0.05, 0.1) is 0 Å². The zero-order chi connectivity index (χ0) is 8.93. The molecule has 0 aromatic carbocycles. The SMILES string of the molecule is C1=CCC(/C=C/CC2=CC=CC2)=C1. The van der Waals surface area contributed by atoms with Crippen molar-refractivity contribution in [2.24, 2.45) is 0 Å². The summed E-state index contributed by atoms with van der Waals surface area (Å²) in [5.41, 5.74) is 2.94. The molecule has 0 atom stereocenters. The van der Waals surface area contributed by atoms with E-state index in [2.05, 4.69) is 48.6 Å². The van der Waals surface area contributed by atoms with Crippen molar-refractivity contribution in [2.75, 3.05) is 0 Å². The third-order valence-corrected chi connectivity index (χ3v) is 2.36. The van der Waals surface area contributed by atoms with Crippen LogP contribution in [-0.4, -0.2) is 0 Å². The van der Waals surface area contributed by atoms with Crippen LogP contribution < -0.4 is 0 Å². The summed E-state index contributed by atoms with van der Waals surface area (Å²) in [6.07, 6.45) is 20.9. The van der Waals surface area contributed by atoms with E-state index in [0.717, 1.165) is 19.3 Å². The van der Waals surface area contributed by atoms with Crippen molar-refractivity contribution in [1.29, 1.82) is 0 Å². The van der Waals surface area contributed by atoms with Gasteiger partial charge in [-0.1, -0.05) is 54.2 Å². The van der Waals surface area contributed by atoms with Crippen LogP contribution in [0.3, 0.4) is 0 Å². The third-order valence-electron chi connectivity index (χ3n) is 2.36. The van der Waals surface area contributed by atoms with E-state index in [4.69, 9.17) is 0 Å². The minimum absolute atomic E-state index is 1.10. The van der Waals surface area contributed by atoms with E-state index in [1.54, 1.807) is 0 Å². The lowest BCUT2D eigenvalue weighted by Crippen LogP contribution is -1.75. The average molecular weight is 170 g/mol. The largest absolute Gasteiger partial charge is 0.0805 e. The van der Waals surface area contributed by atoms with Crippen molar-refractivity contribution in [3.8, 4) is 0 Å². The van der Waals surface area contributed by atoms with Crippen LogP contribution in [0.4, 0.5) is 0 Å². The van der Waals surface area contributed by atoms with E-state index in [-0.39, 0.29) is 0 Å². The molecule has 2 rings (SSSR count). The van der Waals surface area contributed by atoms with Crippen LogP contribution in [0.5, 0.6) is 0 Å². The van der Waals surface area contributed by atoms with Crippen molar-refractivity contribution in [3.05, 3.63) is 59.8 Å². The van der Waals surface area contributed by atoms with Crippen LogP contribution in [0, 0.1) is 0 Å². The molecule has 0 spiro atoms. The number of allylic oxidation sites excluding steroid dienone is 10. The number of rotatable bonds is 3. The maximum atomic E-state index is 2.26. The second-order valence-corrected chi connectivity index (χ2v) is 3.44. The highest BCUT2D eigenvalue weighted by Gasteiger charge is 1.96. The molecule has 0 heteroatoms. The molecule has 0 heterocycles. The first-order chi connectivity index (χ1) is 6.45. The number of hydrogen-bond donors (Lipinski definition) is 0. The van der Waals surface area contributed by atoms with Crippen LogP contribution in [-0.2, 0) is 0 Å². The van der Waals surface area contributed by atoms with E-state index in [1.807, 2.05) is 0 Å². The van der Waals surface area contributed by atoms with Crippen LogP contribution in [0.15, 0.2) is 59.8 Å². The van der Waals surface area contributed by atoms with E-state index in [0.29, 0.717) is 0 Å². The van der Waals surface area contributed by atoms with Gasteiger partial charge in [-0.25, -0.2) is 0 Å². The molecule has 0 saturated heterocycles. The quantitative estimate of drug-likeness (QED) is 0.605. The summed E-state index contributed by atoms with van der Waals surface area (Å²) >= 11 is 0. The summed E-state index contributed by atoms with van der Waals surface area (Å²) in [7, 11) is 0. The molecule has 0 aliphatic heterocycles. The Balaban J connectivity index is 1.79. The minimum atomic E-state index is 1.10. The monoisotopic (exact) mass is 170 g/mol. The van der Waals surface area contributed by atoms with Crippen LogP contribution in [0.25, 0.3) is 0 Å². The Morgan fingerprint density at radius 2 is 1.92 bits per heavy atom.